The van der Waals surface area contributed by atoms with E-state index in [1.54, 1.807) is 17.5 Å². The molecule has 0 amide bonds. The highest BCUT2D eigenvalue weighted by atomic mass is 32.1. The first-order valence-corrected chi connectivity index (χ1v) is 10.7. The van der Waals surface area contributed by atoms with Crippen molar-refractivity contribution in [3.63, 3.8) is 0 Å². The zero-order chi connectivity index (χ0) is 19.4. The fourth-order valence-corrected chi connectivity index (χ4v) is 5.29. The Hall–Kier alpha value is -3.06. The molecule has 2 aliphatic rings. The molecule has 6 rings (SSSR count). The summed E-state index contributed by atoms with van der Waals surface area (Å²) in [6.07, 6.45) is 5.23. The summed E-state index contributed by atoms with van der Waals surface area (Å²) in [5, 5.41) is 2.02. The van der Waals surface area contributed by atoms with Crippen LogP contribution in [-0.2, 0) is 10.3 Å². The summed E-state index contributed by atoms with van der Waals surface area (Å²) in [5.41, 5.74) is 2.85. The third-order valence-electron chi connectivity index (χ3n) is 6.10. The van der Waals surface area contributed by atoms with Crippen molar-refractivity contribution < 1.29 is 9.53 Å². The zero-order valence-corrected chi connectivity index (χ0v) is 16.4. The monoisotopic (exact) mass is 402 g/mol. The van der Waals surface area contributed by atoms with E-state index >= 15 is 0 Å². The lowest BCUT2D eigenvalue weighted by atomic mass is 9.75. The molecule has 7 heteroatoms. The van der Waals surface area contributed by atoms with Crippen molar-refractivity contribution in [1.29, 1.82) is 0 Å². The van der Waals surface area contributed by atoms with Gasteiger partial charge in [-0.15, -0.1) is 11.3 Å². The number of fused-ring (bicyclic) bond motifs is 3. The molecular formula is C22H18N4O2S. The first-order chi connectivity index (χ1) is 14.2. The van der Waals surface area contributed by atoms with Gasteiger partial charge in [0.1, 0.15) is 16.9 Å². The SMILES string of the molecule is O=C1OC2(CCC(c3nc4cnc(-c5cccs5)nc4[nH]3)CC2)c2ccccc21. The first kappa shape index (κ1) is 16.9. The lowest BCUT2D eigenvalue weighted by Crippen LogP contribution is -2.31. The van der Waals surface area contributed by atoms with Gasteiger partial charge in [0.25, 0.3) is 0 Å². The molecule has 4 aromatic rings. The van der Waals surface area contributed by atoms with Crippen LogP contribution in [-0.4, -0.2) is 25.9 Å². The summed E-state index contributed by atoms with van der Waals surface area (Å²) in [4.78, 5) is 30.6. The number of thiophene rings is 1. The summed E-state index contributed by atoms with van der Waals surface area (Å²) in [6.45, 7) is 0. The number of nitrogens with one attached hydrogen (secondary N) is 1. The first-order valence-electron chi connectivity index (χ1n) is 9.81. The highest BCUT2D eigenvalue weighted by Crippen LogP contribution is 2.49. The van der Waals surface area contributed by atoms with Crippen LogP contribution in [0.3, 0.4) is 0 Å². The van der Waals surface area contributed by atoms with Gasteiger partial charge in [0.05, 0.1) is 16.6 Å². The molecule has 1 N–H and O–H groups in total. The summed E-state index contributed by atoms with van der Waals surface area (Å²) >= 11 is 1.62. The summed E-state index contributed by atoms with van der Waals surface area (Å²) < 4.78 is 5.87. The molecular weight excluding hydrogens is 384 g/mol. The topological polar surface area (TPSA) is 80.8 Å². The maximum atomic E-state index is 12.3. The number of hydrogen-bond donors (Lipinski definition) is 1. The molecule has 1 spiro atoms. The van der Waals surface area contributed by atoms with Gasteiger partial charge in [-0.05, 0) is 43.2 Å². The third kappa shape index (κ3) is 2.61. The number of H-pyrrole nitrogens is 1. The maximum absolute atomic E-state index is 12.3. The molecule has 29 heavy (non-hydrogen) atoms. The minimum absolute atomic E-state index is 0.195. The second kappa shape index (κ2) is 6.22. The number of ether oxygens (including phenoxy) is 1. The van der Waals surface area contributed by atoms with E-state index in [0.717, 1.165) is 58.9 Å². The van der Waals surface area contributed by atoms with Crippen LogP contribution in [0.4, 0.5) is 0 Å². The normalized spacial score (nSPS) is 23.4. The quantitative estimate of drug-likeness (QED) is 0.487. The zero-order valence-electron chi connectivity index (χ0n) is 15.6. The highest BCUT2D eigenvalue weighted by molar-refractivity contribution is 7.13. The molecule has 6 nitrogen and oxygen atoms in total. The molecule has 0 unspecified atom stereocenters. The van der Waals surface area contributed by atoms with Crippen LogP contribution in [0.25, 0.3) is 21.9 Å². The number of aromatic nitrogens is 4. The van der Waals surface area contributed by atoms with Gasteiger partial charge < -0.3 is 9.72 Å². The largest absolute Gasteiger partial charge is 0.451 e. The van der Waals surface area contributed by atoms with Crippen molar-refractivity contribution in [3.8, 4) is 10.7 Å². The van der Waals surface area contributed by atoms with Gasteiger partial charge in [0.2, 0.25) is 0 Å². The Balaban J connectivity index is 1.27. The van der Waals surface area contributed by atoms with E-state index in [0.29, 0.717) is 11.5 Å². The van der Waals surface area contributed by atoms with Crippen molar-refractivity contribution in [2.75, 3.05) is 0 Å². The smallest absolute Gasteiger partial charge is 0.339 e. The van der Waals surface area contributed by atoms with Gasteiger partial charge in [-0.1, -0.05) is 24.3 Å². The second-order valence-electron chi connectivity index (χ2n) is 7.73. The minimum atomic E-state index is -0.470. The molecule has 0 radical (unpaired) electrons. The molecule has 0 atom stereocenters. The van der Waals surface area contributed by atoms with Crippen LogP contribution in [0.2, 0.25) is 0 Å². The summed E-state index contributed by atoms with van der Waals surface area (Å²) in [5.74, 6) is 1.77. The Morgan fingerprint density at radius 2 is 1.97 bits per heavy atom. The Morgan fingerprint density at radius 3 is 2.79 bits per heavy atom. The lowest BCUT2D eigenvalue weighted by molar-refractivity contribution is -0.0312. The van der Waals surface area contributed by atoms with E-state index in [-0.39, 0.29) is 5.97 Å². The molecule has 1 aliphatic carbocycles. The second-order valence-corrected chi connectivity index (χ2v) is 8.68. The molecule has 1 aromatic carbocycles. The number of rotatable bonds is 2. The van der Waals surface area contributed by atoms with Gasteiger partial charge in [0, 0.05) is 11.5 Å². The standard InChI is InChI=1S/C22H18N4O2S/c27-21-14-4-1-2-5-15(14)22(28-21)9-7-13(8-10-22)18-24-16-12-23-20(26-19(16)25-18)17-6-3-11-29-17/h1-6,11-13H,7-10H2,(H,23,24,25,26). The van der Waals surface area contributed by atoms with E-state index in [4.69, 9.17) is 9.72 Å². The van der Waals surface area contributed by atoms with Gasteiger partial charge >= 0.3 is 5.97 Å². The molecule has 144 valence electrons. The molecule has 0 saturated heterocycles. The number of carbonyl (C=O) groups excluding carboxylic acids is 1. The average Bonchev–Trinajstić information content (AvgIpc) is 3.48. The van der Waals surface area contributed by atoms with Gasteiger partial charge in [-0.3, -0.25) is 0 Å². The molecule has 1 saturated carbocycles. The third-order valence-corrected chi connectivity index (χ3v) is 6.97. The average molecular weight is 402 g/mol. The summed E-state index contributed by atoms with van der Waals surface area (Å²) in [6, 6.07) is 11.8. The predicted molar refractivity (Wildman–Crippen MR) is 110 cm³/mol. The number of hydrogen-bond acceptors (Lipinski definition) is 6. The Morgan fingerprint density at radius 1 is 1.10 bits per heavy atom. The van der Waals surface area contributed by atoms with E-state index in [1.807, 2.05) is 41.8 Å². The lowest BCUT2D eigenvalue weighted by Gasteiger charge is -2.35. The highest BCUT2D eigenvalue weighted by Gasteiger charge is 2.47. The Kier molecular flexibility index (Phi) is 3.61. The Bertz CT molecular complexity index is 1220. The van der Waals surface area contributed by atoms with Crippen LogP contribution in [0.1, 0.15) is 53.3 Å². The molecule has 1 fully saturated rings. The molecule has 4 heterocycles. The van der Waals surface area contributed by atoms with E-state index in [1.165, 1.54) is 0 Å². The van der Waals surface area contributed by atoms with Crippen LogP contribution in [0, 0.1) is 0 Å². The minimum Gasteiger partial charge on any atom is -0.451 e. The number of benzene rings is 1. The number of nitrogens with zero attached hydrogens (tertiary/aromatic N) is 3. The fraction of sp³-hybridized carbons (Fsp3) is 0.273. The molecule has 0 bridgehead atoms. The van der Waals surface area contributed by atoms with Crippen LogP contribution in [0.15, 0.2) is 48.0 Å². The van der Waals surface area contributed by atoms with Gasteiger partial charge in [-0.25, -0.2) is 19.7 Å². The number of carbonyl (C=O) groups is 1. The predicted octanol–water partition coefficient (Wildman–Crippen LogP) is 4.80. The van der Waals surface area contributed by atoms with Crippen LogP contribution >= 0.6 is 11.3 Å². The Labute approximate surface area is 171 Å². The maximum Gasteiger partial charge on any atom is 0.339 e. The van der Waals surface area contributed by atoms with Crippen LogP contribution < -0.4 is 0 Å². The van der Waals surface area contributed by atoms with Gasteiger partial charge in [0.15, 0.2) is 11.5 Å². The summed E-state index contributed by atoms with van der Waals surface area (Å²) in [7, 11) is 0. The number of aromatic amines is 1. The molecule has 3 aromatic heterocycles. The number of imidazole rings is 1. The molecule has 1 aliphatic heterocycles. The van der Waals surface area contributed by atoms with Crippen molar-refractivity contribution in [1.82, 2.24) is 19.9 Å². The van der Waals surface area contributed by atoms with E-state index in [9.17, 15) is 4.79 Å². The van der Waals surface area contributed by atoms with Gasteiger partial charge in [-0.2, -0.15) is 0 Å². The van der Waals surface area contributed by atoms with Crippen molar-refractivity contribution in [3.05, 3.63) is 64.9 Å². The van der Waals surface area contributed by atoms with E-state index in [2.05, 4.69) is 15.0 Å². The van der Waals surface area contributed by atoms with Crippen LogP contribution in [0.5, 0.6) is 0 Å². The fourth-order valence-electron chi connectivity index (χ4n) is 4.62. The van der Waals surface area contributed by atoms with E-state index < -0.39 is 5.60 Å². The number of esters is 1. The van der Waals surface area contributed by atoms with Crippen molar-refractivity contribution in [2.24, 2.45) is 0 Å². The van der Waals surface area contributed by atoms with Crippen molar-refractivity contribution >= 4 is 28.5 Å². The van der Waals surface area contributed by atoms with Crippen molar-refractivity contribution in [2.45, 2.75) is 37.2 Å².